The second kappa shape index (κ2) is 8.80. The third-order valence-corrected chi connectivity index (χ3v) is 4.78. The first kappa shape index (κ1) is 18.4. The van der Waals surface area contributed by atoms with Gasteiger partial charge in [0.25, 0.3) is 0 Å². The molecule has 140 valence electrons. The second-order valence-corrected chi connectivity index (χ2v) is 6.54. The predicted octanol–water partition coefficient (Wildman–Crippen LogP) is 2.39. The van der Waals surface area contributed by atoms with Crippen molar-refractivity contribution in [2.24, 2.45) is 0 Å². The highest BCUT2D eigenvalue weighted by molar-refractivity contribution is 5.48. The summed E-state index contributed by atoms with van der Waals surface area (Å²) in [5.74, 6) is 0.755. The van der Waals surface area contributed by atoms with E-state index in [9.17, 15) is 4.79 Å². The minimum absolute atomic E-state index is 0.00271. The van der Waals surface area contributed by atoms with Gasteiger partial charge >= 0.3 is 6.01 Å². The van der Waals surface area contributed by atoms with Crippen molar-refractivity contribution in [1.82, 2.24) is 15.0 Å². The highest BCUT2D eigenvalue weighted by Gasteiger charge is 2.32. The fourth-order valence-corrected chi connectivity index (χ4v) is 3.33. The Morgan fingerprint density at radius 1 is 1.23 bits per heavy atom. The van der Waals surface area contributed by atoms with Crippen LogP contribution in [0.25, 0.3) is 0 Å². The number of carbonyl (C=O) groups excluding carboxylic acids is 1. The molecule has 7 heteroatoms. The predicted molar refractivity (Wildman–Crippen MR) is 95.2 cm³/mol. The molecule has 3 rings (SSSR count). The fraction of sp³-hybridized carbons (Fsp3) is 0.526. The molecule has 26 heavy (non-hydrogen) atoms. The van der Waals surface area contributed by atoms with Crippen molar-refractivity contribution in [3.05, 3.63) is 41.3 Å². The molecule has 2 atom stereocenters. The molecule has 1 amide bonds. The Morgan fingerprint density at radius 3 is 2.69 bits per heavy atom. The van der Waals surface area contributed by atoms with Gasteiger partial charge in [0.15, 0.2) is 0 Å². The fourth-order valence-electron chi connectivity index (χ4n) is 3.33. The van der Waals surface area contributed by atoms with Crippen LogP contribution in [-0.2, 0) is 16.0 Å². The molecule has 1 aromatic heterocycles. The van der Waals surface area contributed by atoms with E-state index in [0.717, 1.165) is 19.3 Å². The van der Waals surface area contributed by atoms with Crippen LogP contribution in [0.1, 0.15) is 42.2 Å². The zero-order chi connectivity index (χ0) is 18.4. The first-order chi connectivity index (χ1) is 12.7. The molecular weight excluding hydrogens is 334 g/mol. The third-order valence-electron chi connectivity index (χ3n) is 4.78. The number of rotatable bonds is 8. The van der Waals surface area contributed by atoms with E-state index >= 15 is 0 Å². The van der Waals surface area contributed by atoms with E-state index in [1.165, 1.54) is 11.1 Å². The van der Waals surface area contributed by atoms with Crippen molar-refractivity contribution in [2.75, 3.05) is 33.4 Å². The van der Waals surface area contributed by atoms with Gasteiger partial charge in [-0.05, 0) is 29.1 Å². The lowest BCUT2D eigenvalue weighted by Crippen LogP contribution is -2.37. The molecule has 0 aliphatic carbocycles. The Hall–Kier alpha value is -2.41. The third kappa shape index (κ3) is 4.40. The number of aryl methyl sites for hydroxylation is 1. The number of benzene rings is 1. The minimum Gasteiger partial charge on any atom is -0.459 e. The number of piperidine rings is 1. The number of nitrogens with zero attached hydrogens (tertiary/aromatic N) is 3. The van der Waals surface area contributed by atoms with Gasteiger partial charge in [-0.2, -0.15) is 4.98 Å². The van der Waals surface area contributed by atoms with Crippen molar-refractivity contribution in [3.8, 4) is 6.01 Å². The van der Waals surface area contributed by atoms with Crippen molar-refractivity contribution in [2.45, 2.75) is 31.6 Å². The zero-order valence-electron chi connectivity index (χ0n) is 15.3. The van der Waals surface area contributed by atoms with Crippen LogP contribution in [0.4, 0.5) is 0 Å². The van der Waals surface area contributed by atoms with E-state index in [1.807, 2.05) is 0 Å². The van der Waals surface area contributed by atoms with Gasteiger partial charge < -0.3 is 18.9 Å². The Balaban J connectivity index is 1.71. The number of amides is 1. The van der Waals surface area contributed by atoms with Crippen LogP contribution < -0.4 is 4.74 Å². The van der Waals surface area contributed by atoms with Crippen LogP contribution in [0.3, 0.4) is 0 Å². The van der Waals surface area contributed by atoms with Crippen molar-refractivity contribution < 1.29 is 18.8 Å². The van der Waals surface area contributed by atoms with Crippen LogP contribution in [0.5, 0.6) is 6.01 Å². The van der Waals surface area contributed by atoms with Crippen LogP contribution in [0.15, 0.2) is 28.8 Å². The monoisotopic (exact) mass is 359 g/mol. The Bertz CT molecular complexity index is 701. The molecule has 2 aromatic rings. The van der Waals surface area contributed by atoms with Crippen molar-refractivity contribution in [3.63, 3.8) is 0 Å². The summed E-state index contributed by atoms with van der Waals surface area (Å²) in [6, 6.07) is 8.82. The number of likely N-dealkylation sites (tertiary alicyclic amines) is 1. The second-order valence-electron chi connectivity index (χ2n) is 6.54. The Morgan fingerprint density at radius 2 is 2.00 bits per heavy atom. The molecule has 1 saturated heterocycles. The maximum absolute atomic E-state index is 11.4. The molecule has 0 spiro atoms. The lowest BCUT2D eigenvalue weighted by Gasteiger charge is -2.34. The lowest BCUT2D eigenvalue weighted by atomic mass is 9.84. The summed E-state index contributed by atoms with van der Waals surface area (Å²) in [6.07, 6.45) is 2.77. The van der Waals surface area contributed by atoms with E-state index in [4.69, 9.17) is 14.0 Å². The van der Waals surface area contributed by atoms with E-state index in [1.54, 1.807) is 12.0 Å². The number of hydrogen-bond acceptors (Lipinski definition) is 6. The van der Waals surface area contributed by atoms with Gasteiger partial charge in [0.05, 0.1) is 12.5 Å². The van der Waals surface area contributed by atoms with E-state index in [2.05, 4.69) is 41.3 Å². The quantitative estimate of drug-likeness (QED) is 0.532. The Labute approximate surface area is 153 Å². The average Bonchev–Trinajstić information content (AvgIpc) is 3.17. The number of methoxy groups -OCH3 is 1. The van der Waals surface area contributed by atoms with Crippen molar-refractivity contribution >= 4 is 6.41 Å². The molecule has 0 N–H and O–H groups in total. The van der Waals surface area contributed by atoms with Crippen LogP contribution >= 0.6 is 0 Å². The molecule has 1 aliphatic rings. The Kier molecular flexibility index (Phi) is 6.22. The van der Waals surface area contributed by atoms with E-state index in [0.29, 0.717) is 32.2 Å². The van der Waals surface area contributed by atoms with Gasteiger partial charge in [-0.1, -0.05) is 31.2 Å². The molecule has 1 fully saturated rings. The van der Waals surface area contributed by atoms with Crippen molar-refractivity contribution in [1.29, 1.82) is 0 Å². The number of ether oxygens (including phenoxy) is 2. The summed E-state index contributed by atoms with van der Waals surface area (Å²) < 4.78 is 15.7. The molecular formula is C19H25N3O4. The molecule has 2 heterocycles. The topological polar surface area (TPSA) is 77.7 Å². The first-order valence-electron chi connectivity index (χ1n) is 8.97. The molecule has 7 nitrogen and oxygen atoms in total. The molecule has 0 saturated carbocycles. The average molecular weight is 359 g/mol. The van der Waals surface area contributed by atoms with Crippen LogP contribution in [0, 0.1) is 0 Å². The highest BCUT2D eigenvalue weighted by Crippen LogP contribution is 2.35. The zero-order valence-corrected chi connectivity index (χ0v) is 15.3. The van der Waals surface area contributed by atoms with Gasteiger partial charge in [0, 0.05) is 26.1 Å². The SMILES string of the molecule is CCc1ccc(C2CC(c3nc(OCCOC)no3)CN(C=O)C2)cc1. The summed E-state index contributed by atoms with van der Waals surface area (Å²) in [5, 5.41) is 3.86. The summed E-state index contributed by atoms with van der Waals surface area (Å²) in [7, 11) is 1.61. The summed E-state index contributed by atoms with van der Waals surface area (Å²) >= 11 is 0. The largest absolute Gasteiger partial charge is 0.459 e. The number of aromatic nitrogens is 2. The molecule has 0 bridgehead atoms. The first-order valence-corrected chi connectivity index (χ1v) is 8.97. The van der Waals surface area contributed by atoms with Gasteiger partial charge in [-0.15, -0.1) is 0 Å². The number of hydrogen-bond donors (Lipinski definition) is 0. The van der Waals surface area contributed by atoms with Crippen LogP contribution in [0.2, 0.25) is 0 Å². The van der Waals surface area contributed by atoms with Gasteiger partial charge in [-0.3, -0.25) is 4.79 Å². The maximum atomic E-state index is 11.4. The summed E-state index contributed by atoms with van der Waals surface area (Å²) in [5.41, 5.74) is 2.54. The summed E-state index contributed by atoms with van der Waals surface area (Å²) in [6.45, 7) is 4.25. The standard InChI is InChI=1S/C19H25N3O4/c1-3-14-4-6-15(7-5-14)16-10-17(12-22(11-16)13-23)18-20-19(21-26-18)25-9-8-24-2/h4-7,13,16-17H,3,8-12H2,1-2H3. The van der Waals surface area contributed by atoms with Gasteiger partial charge in [0.2, 0.25) is 12.3 Å². The van der Waals surface area contributed by atoms with Gasteiger partial charge in [0.1, 0.15) is 6.61 Å². The minimum atomic E-state index is -0.00271. The summed E-state index contributed by atoms with van der Waals surface area (Å²) in [4.78, 5) is 17.5. The normalized spacial score (nSPS) is 20.2. The van der Waals surface area contributed by atoms with Crippen LogP contribution in [-0.4, -0.2) is 54.9 Å². The van der Waals surface area contributed by atoms with Gasteiger partial charge in [-0.25, -0.2) is 0 Å². The molecule has 1 aromatic carbocycles. The highest BCUT2D eigenvalue weighted by atomic mass is 16.6. The maximum Gasteiger partial charge on any atom is 0.354 e. The van der Waals surface area contributed by atoms with E-state index < -0.39 is 0 Å². The molecule has 1 aliphatic heterocycles. The van der Waals surface area contributed by atoms with E-state index in [-0.39, 0.29) is 17.8 Å². The number of carbonyl (C=O) groups is 1. The molecule has 2 unspecified atom stereocenters. The lowest BCUT2D eigenvalue weighted by molar-refractivity contribution is -0.119. The smallest absolute Gasteiger partial charge is 0.354 e. The molecule has 0 radical (unpaired) electrons.